The maximum atomic E-state index is 13.1. The molecule has 0 saturated carbocycles. The quantitative estimate of drug-likeness (QED) is 0.875. The lowest BCUT2D eigenvalue weighted by atomic mass is 10.1. The van der Waals surface area contributed by atoms with E-state index in [1.807, 2.05) is 0 Å². The van der Waals surface area contributed by atoms with E-state index in [2.05, 4.69) is 24.1 Å². The summed E-state index contributed by atoms with van der Waals surface area (Å²) in [5.74, 6) is -0.356. The summed E-state index contributed by atoms with van der Waals surface area (Å²) >= 11 is 5.83. The maximum Gasteiger partial charge on any atom is 0.141 e. The van der Waals surface area contributed by atoms with Crippen molar-refractivity contribution < 1.29 is 4.39 Å². The second kappa shape index (κ2) is 5.23. The summed E-state index contributed by atoms with van der Waals surface area (Å²) in [6, 6.07) is 5.85. The molecule has 2 nitrogen and oxygen atoms in total. The molecule has 1 aliphatic heterocycles. The van der Waals surface area contributed by atoms with Crippen LogP contribution in [-0.2, 0) is 0 Å². The Kier molecular flexibility index (Phi) is 3.89. The van der Waals surface area contributed by atoms with Crippen LogP contribution >= 0.6 is 11.6 Å². The van der Waals surface area contributed by atoms with E-state index < -0.39 is 0 Å². The van der Waals surface area contributed by atoms with Gasteiger partial charge in [-0.3, -0.25) is 0 Å². The van der Waals surface area contributed by atoms with Crippen LogP contribution in [0, 0.1) is 5.82 Å². The van der Waals surface area contributed by atoms with Gasteiger partial charge in [-0.05, 0) is 31.5 Å². The highest BCUT2D eigenvalue weighted by atomic mass is 35.5. The molecule has 2 rings (SSSR count). The molecule has 1 aromatic carbocycles. The number of piperazine rings is 1. The second-order valence-corrected chi connectivity index (χ2v) is 5.02. The van der Waals surface area contributed by atoms with Crippen LogP contribution in [0.25, 0.3) is 0 Å². The van der Waals surface area contributed by atoms with Crippen LogP contribution in [0.3, 0.4) is 0 Å². The number of anilines is 1. The lowest BCUT2D eigenvalue weighted by molar-refractivity contribution is 0.397. The highest BCUT2D eigenvalue weighted by molar-refractivity contribution is 6.31. The van der Waals surface area contributed by atoms with Gasteiger partial charge in [0.2, 0.25) is 0 Å². The van der Waals surface area contributed by atoms with Crippen molar-refractivity contribution >= 4 is 17.3 Å². The zero-order valence-electron chi connectivity index (χ0n) is 10.2. The molecule has 2 atom stereocenters. The average molecular weight is 257 g/mol. The third-order valence-corrected chi connectivity index (χ3v) is 3.67. The topological polar surface area (TPSA) is 15.3 Å². The number of hydrogen-bond acceptors (Lipinski definition) is 2. The predicted molar refractivity (Wildman–Crippen MR) is 70.3 cm³/mol. The van der Waals surface area contributed by atoms with Crippen LogP contribution in [0.15, 0.2) is 18.2 Å². The largest absolute Gasteiger partial charge is 0.366 e. The van der Waals surface area contributed by atoms with Gasteiger partial charge in [-0.25, -0.2) is 4.39 Å². The Morgan fingerprint density at radius 2 is 2.29 bits per heavy atom. The normalized spacial score (nSPS) is 25.1. The van der Waals surface area contributed by atoms with Gasteiger partial charge in [-0.2, -0.15) is 0 Å². The molecular weight excluding hydrogens is 239 g/mol. The van der Waals surface area contributed by atoms with Gasteiger partial charge in [-0.1, -0.05) is 18.5 Å². The molecule has 0 bridgehead atoms. The van der Waals surface area contributed by atoms with Gasteiger partial charge >= 0.3 is 0 Å². The molecule has 0 spiro atoms. The summed E-state index contributed by atoms with van der Waals surface area (Å²) in [5, 5.41) is 3.69. The second-order valence-electron chi connectivity index (χ2n) is 4.61. The minimum Gasteiger partial charge on any atom is -0.366 e. The molecule has 0 aromatic heterocycles. The predicted octanol–water partition coefficient (Wildman–Crippen LogP) is 3.06. The summed E-state index contributed by atoms with van der Waals surface area (Å²) in [7, 11) is 0. The molecule has 1 N–H and O–H groups in total. The summed E-state index contributed by atoms with van der Waals surface area (Å²) in [4.78, 5) is 2.29. The van der Waals surface area contributed by atoms with Crippen molar-refractivity contribution in [1.82, 2.24) is 5.32 Å². The van der Waals surface area contributed by atoms with Gasteiger partial charge in [0.25, 0.3) is 0 Å². The highest BCUT2D eigenvalue weighted by Gasteiger charge is 2.24. The van der Waals surface area contributed by atoms with Gasteiger partial charge in [-0.15, -0.1) is 0 Å². The van der Waals surface area contributed by atoms with Crippen molar-refractivity contribution in [2.75, 3.05) is 18.0 Å². The van der Waals surface area contributed by atoms with Crippen molar-refractivity contribution in [3.8, 4) is 0 Å². The Morgan fingerprint density at radius 3 is 2.94 bits per heavy atom. The zero-order valence-corrected chi connectivity index (χ0v) is 11.0. The van der Waals surface area contributed by atoms with E-state index in [9.17, 15) is 4.39 Å². The number of benzene rings is 1. The van der Waals surface area contributed by atoms with Gasteiger partial charge in [0.05, 0.1) is 5.02 Å². The van der Waals surface area contributed by atoms with Crippen LogP contribution in [-0.4, -0.2) is 25.2 Å². The minimum atomic E-state index is -0.356. The van der Waals surface area contributed by atoms with Crippen LogP contribution in [0.4, 0.5) is 10.1 Å². The summed E-state index contributed by atoms with van der Waals surface area (Å²) in [6.45, 7) is 6.23. The fourth-order valence-corrected chi connectivity index (χ4v) is 2.40. The third-order valence-electron chi connectivity index (χ3n) is 3.38. The number of nitrogens with one attached hydrogen (secondary N) is 1. The van der Waals surface area contributed by atoms with E-state index in [1.54, 1.807) is 12.1 Å². The monoisotopic (exact) mass is 256 g/mol. The van der Waals surface area contributed by atoms with Crippen LogP contribution in [0.5, 0.6) is 0 Å². The lowest BCUT2D eigenvalue weighted by Gasteiger charge is -2.40. The molecule has 17 heavy (non-hydrogen) atoms. The van der Waals surface area contributed by atoms with Crippen molar-refractivity contribution in [2.45, 2.75) is 32.4 Å². The summed E-state index contributed by atoms with van der Waals surface area (Å²) in [6.07, 6.45) is 1.10. The molecular formula is C13H18ClFN2. The molecule has 1 aromatic rings. The fraction of sp³-hybridized carbons (Fsp3) is 0.538. The molecule has 94 valence electrons. The molecule has 0 aliphatic carbocycles. The Morgan fingerprint density at radius 1 is 1.53 bits per heavy atom. The van der Waals surface area contributed by atoms with E-state index in [-0.39, 0.29) is 10.8 Å². The number of rotatable bonds is 2. The Hall–Kier alpha value is -0.800. The van der Waals surface area contributed by atoms with E-state index in [1.165, 1.54) is 6.07 Å². The van der Waals surface area contributed by atoms with Gasteiger partial charge in [0, 0.05) is 30.9 Å². The maximum absolute atomic E-state index is 13.1. The van der Waals surface area contributed by atoms with Crippen molar-refractivity contribution in [1.29, 1.82) is 0 Å². The van der Waals surface area contributed by atoms with Gasteiger partial charge in [0.15, 0.2) is 0 Å². The molecule has 0 radical (unpaired) electrons. The van der Waals surface area contributed by atoms with Crippen LogP contribution in [0.2, 0.25) is 5.02 Å². The SMILES string of the molecule is CCC1CN(c2ccc(F)c(Cl)c2)C(C)CN1. The number of halogens is 2. The summed E-state index contributed by atoms with van der Waals surface area (Å²) in [5.41, 5.74) is 1.00. The first-order valence-corrected chi connectivity index (χ1v) is 6.44. The molecule has 2 unspecified atom stereocenters. The van der Waals surface area contributed by atoms with Crippen molar-refractivity contribution in [3.05, 3.63) is 29.0 Å². The Labute approximate surface area is 107 Å². The summed E-state index contributed by atoms with van der Waals surface area (Å²) < 4.78 is 13.1. The van der Waals surface area contributed by atoms with Crippen LogP contribution < -0.4 is 10.2 Å². The molecule has 1 heterocycles. The Balaban J connectivity index is 2.21. The van der Waals surface area contributed by atoms with Crippen molar-refractivity contribution in [2.24, 2.45) is 0 Å². The van der Waals surface area contributed by atoms with Gasteiger partial charge in [0.1, 0.15) is 5.82 Å². The smallest absolute Gasteiger partial charge is 0.141 e. The van der Waals surface area contributed by atoms with E-state index in [4.69, 9.17) is 11.6 Å². The van der Waals surface area contributed by atoms with E-state index >= 15 is 0 Å². The lowest BCUT2D eigenvalue weighted by Crippen LogP contribution is -2.55. The Bertz CT molecular complexity index is 397. The first-order chi connectivity index (χ1) is 8.11. The highest BCUT2D eigenvalue weighted by Crippen LogP contribution is 2.25. The van der Waals surface area contributed by atoms with Crippen molar-refractivity contribution in [3.63, 3.8) is 0 Å². The molecule has 1 fully saturated rings. The first-order valence-electron chi connectivity index (χ1n) is 6.07. The molecule has 4 heteroatoms. The van der Waals surface area contributed by atoms with Gasteiger partial charge < -0.3 is 10.2 Å². The zero-order chi connectivity index (χ0) is 12.4. The number of nitrogens with zero attached hydrogens (tertiary/aromatic N) is 1. The fourth-order valence-electron chi connectivity index (χ4n) is 2.23. The first kappa shape index (κ1) is 12.7. The third kappa shape index (κ3) is 2.72. The average Bonchev–Trinajstić information content (AvgIpc) is 2.33. The number of hydrogen-bond donors (Lipinski definition) is 1. The molecule has 0 amide bonds. The molecule has 1 aliphatic rings. The van der Waals surface area contributed by atoms with E-state index in [0.29, 0.717) is 12.1 Å². The van der Waals surface area contributed by atoms with Crippen LogP contribution in [0.1, 0.15) is 20.3 Å². The van der Waals surface area contributed by atoms with E-state index in [0.717, 1.165) is 25.2 Å². The molecule has 1 saturated heterocycles. The standard InChI is InChI=1S/C13H18ClFN2/c1-3-10-8-17(9(2)7-16-10)11-4-5-13(15)12(14)6-11/h4-6,9-10,16H,3,7-8H2,1-2H3. The minimum absolute atomic E-state index is 0.196.